The zero-order valence-corrected chi connectivity index (χ0v) is 11.5. The molecule has 0 aromatic heterocycles. The number of ether oxygens (including phenoxy) is 1. The first-order chi connectivity index (χ1) is 9.15. The van der Waals surface area contributed by atoms with Gasteiger partial charge in [0.2, 0.25) is 0 Å². The SMILES string of the molecule is CC#CC(=O)N1CCCC2(C(=O)OCC)CCC=C12. The van der Waals surface area contributed by atoms with Gasteiger partial charge in [0.25, 0.3) is 0 Å². The van der Waals surface area contributed by atoms with Crippen LogP contribution in [0.25, 0.3) is 0 Å². The lowest BCUT2D eigenvalue weighted by Gasteiger charge is -2.40. The third-order valence-electron chi connectivity index (χ3n) is 3.82. The van der Waals surface area contributed by atoms with E-state index in [0.717, 1.165) is 31.4 Å². The molecule has 102 valence electrons. The second kappa shape index (κ2) is 5.48. The molecule has 1 atom stereocenters. The Morgan fingerprint density at radius 3 is 2.95 bits per heavy atom. The summed E-state index contributed by atoms with van der Waals surface area (Å²) in [7, 11) is 0. The largest absolute Gasteiger partial charge is 0.465 e. The molecule has 0 N–H and O–H groups in total. The molecular weight excluding hydrogens is 242 g/mol. The van der Waals surface area contributed by atoms with Crippen molar-refractivity contribution in [3.8, 4) is 11.8 Å². The zero-order chi connectivity index (χ0) is 13.9. The number of fused-ring (bicyclic) bond motifs is 1. The Kier molecular flexibility index (Phi) is 3.94. The van der Waals surface area contributed by atoms with Gasteiger partial charge in [0.1, 0.15) is 5.41 Å². The molecule has 1 aliphatic heterocycles. The average Bonchev–Trinajstić information content (AvgIpc) is 2.84. The minimum Gasteiger partial charge on any atom is -0.465 e. The molecule has 0 bridgehead atoms. The Balaban J connectivity index is 2.30. The van der Waals surface area contributed by atoms with Gasteiger partial charge in [-0.3, -0.25) is 9.59 Å². The minimum absolute atomic E-state index is 0.194. The number of esters is 1. The fraction of sp³-hybridized carbons (Fsp3) is 0.600. The van der Waals surface area contributed by atoms with Crippen molar-refractivity contribution in [1.29, 1.82) is 0 Å². The maximum absolute atomic E-state index is 12.3. The molecule has 4 nitrogen and oxygen atoms in total. The monoisotopic (exact) mass is 261 g/mol. The van der Waals surface area contributed by atoms with Gasteiger partial charge in [-0.05, 0) is 45.5 Å². The van der Waals surface area contributed by atoms with Crippen LogP contribution in [-0.4, -0.2) is 29.9 Å². The normalized spacial score (nSPS) is 24.9. The van der Waals surface area contributed by atoms with Crippen LogP contribution in [0, 0.1) is 17.3 Å². The first kappa shape index (κ1) is 13.7. The molecule has 4 heteroatoms. The van der Waals surface area contributed by atoms with E-state index in [2.05, 4.69) is 11.8 Å². The van der Waals surface area contributed by atoms with Gasteiger partial charge < -0.3 is 9.64 Å². The van der Waals surface area contributed by atoms with Crippen LogP contribution in [-0.2, 0) is 14.3 Å². The maximum Gasteiger partial charge on any atom is 0.318 e. The van der Waals surface area contributed by atoms with Gasteiger partial charge in [0, 0.05) is 12.2 Å². The van der Waals surface area contributed by atoms with Crippen LogP contribution in [0.15, 0.2) is 11.8 Å². The summed E-state index contributed by atoms with van der Waals surface area (Å²) in [4.78, 5) is 26.0. The third kappa shape index (κ3) is 2.25. The molecule has 0 radical (unpaired) electrons. The smallest absolute Gasteiger partial charge is 0.318 e. The van der Waals surface area contributed by atoms with Gasteiger partial charge in [-0.1, -0.05) is 12.0 Å². The number of likely N-dealkylation sites (tertiary alicyclic amines) is 1. The number of nitrogens with zero attached hydrogens (tertiary/aromatic N) is 1. The number of piperidine rings is 1. The van der Waals surface area contributed by atoms with E-state index in [0.29, 0.717) is 13.2 Å². The van der Waals surface area contributed by atoms with E-state index in [1.54, 1.807) is 18.7 Å². The lowest BCUT2D eigenvalue weighted by molar-refractivity contribution is -0.156. The van der Waals surface area contributed by atoms with Gasteiger partial charge in [-0.2, -0.15) is 0 Å². The highest BCUT2D eigenvalue weighted by Gasteiger charge is 2.50. The summed E-state index contributed by atoms with van der Waals surface area (Å²) in [5.41, 5.74) is 0.198. The second-order valence-electron chi connectivity index (χ2n) is 4.87. The molecule has 1 heterocycles. The van der Waals surface area contributed by atoms with Crippen LogP contribution in [0.2, 0.25) is 0 Å². The van der Waals surface area contributed by atoms with Crippen molar-refractivity contribution in [1.82, 2.24) is 4.90 Å². The van der Waals surface area contributed by atoms with Crippen molar-refractivity contribution in [3.63, 3.8) is 0 Å². The van der Waals surface area contributed by atoms with Gasteiger partial charge in [-0.15, -0.1) is 0 Å². The second-order valence-corrected chi connectivity index (χ2v) is 4.87. The van der Waals surface area contributed by atoms with Crippen LogP contribution >= 0.6 is 0 Å². The van der Waals surface area contributed by atoms with Crippen LogP contribution in [0.3, 0.4) is 0 Å². The van der Waals surface area contributed by atoms with Gasteiger partial charge >= 0.3 is 11.9 Å². The maximum atomic E-state index is 12.3. The summed E-state index contributed by atoms with van der Waals surface area (Å²) < 4.78 is 5.22. The molecule has 0 spiro atoms. The summed E-state index contributed by atoms with van der Waals surface area (Å²) in [5, 5.41) is 0. The molecule has 2 aliphatic rings. The van der Waals surface area contributed by atoms with E-state index >= 15 is 0 Å². The highest BCUT2D eigenvalue weighted by atomic mass is 16.5. The first-order valence-electron chi connectivity index (χ1n) is 6.78. The Hall–Kier alpha value is -1.76. The summed E-state index contributed by atoms with van der Waals surface area (Å²) in [6, 6.07) is 0. The fourth-order valence-corrected chi connectivity index (χ4v) is 3.02. The summed E-state index contributed by atoms with van der Waals surface area (Å²) >= 11 is 0. The van der Waals surface area contributed by atoms with E-state index < -0.39 is 5.41 Å². The number of allylic oxidation sites excluding steroid dienone is 1. The number of hydrogen-bond donors (Lipinski definition) is 0. The van der Waals surface area contributed by atoms with Gasteiger partial charge in [0.05, 0.1) is 6.61 Å². The number of carbonyl (C=O) groups excluding carboxylic acids is 2. The predicted molar refractivity (Wildman–Crippen MR) is 70.8 cm³/mol. The van der Waals surface area contributed by atoms with E-state index in [-0.39, 0.29) is 11.9 Å². The van der Waals surface area contributed by atoms with Crippen LogP contribution in [0.1, 0.15) is 39.5 Å². The third-order valence-corrected chi connectivity index (χ3v) is 3.82. The predicted octanol–water partition coefficient (Wildman–Crippen LogP) is 1.86. The fourth-order valence-electron chi connectivity index (χ4n) is 3.02. The molecule has 1 fully saturated rings. The lowest BCUT2D eigenvalue weighted by Crippen LogP contribution is -2.46. The van der Waals surface area contributed by atoms with Crippen molar-refractivity contribution in [3.05, 3.63) is 11.8 Å². The standard InChI is InChI=1S/C15H19NO3/c1-3-7-13(17)16-11-6-10-15(14(18)19-4-2)9-5-8-12(15)16/h8H,4-6,9-11H2,1-2H3. The Morgan fingerprint density at radius 2 is 2.26 bits per heavy atom. The van der Waals surface area contributed by atoms with Crippen molar-refractivity contribution in [2.45, 2.75) is 39.5 Å². The topological polar surface area (TPSA) is 46.6 Å². The minimum atomic E-state index is -0.612. The highest BCUT2D eigenvalue weighted by molar-refractivity contribution is 5.96. The molecular formula is C15H19NO3. The molecule has 0 saturated carbocycles. The molecule has 1 aliphatic carbocycles. The van der Waals surface area contributed by atoms with Gasteiger partial charge in [-0.25, -0.2) is 0 Å². The van der Waals surface area contributed by atoms with Crippen molar-refractivity contribution in [2.75, 3.05) is 13.2 Å². The summed E-state index contributed by atoms with van der Waals surface area (Å²) in [5.74, 6) is 4.77. The molecule has 19 heavy (non-hydrogen) atoms. The zero-order valence-electron chi connectivity index (χ0n) is 11.5. The molecule has 1 unspecified atom stereocenters. The Labute approximate surface area is 113 Å². The number of amides is 1. The Morgan fingerprint density at radius 1 is 1.47 bits per heavy atom. The molecule has 1 saturated heterocycles. The highest BCUT2D eigenvalue weighted by Crippen LogP contribution is 2.48. The first-order valence-corrected chi connectivity index (χ1v) is 6.78. The molecule has 1 amide bonds. The van der Waals surface area contributed by atoms with E-state index in [4.69, 9.17) is 4.74 Å². The number of rotatable bonds is 2. The number of carbonyl (C=O) groups is 2. The van der Waals surface area contributed by atoms with Crippen LogP contribution in [0.5, 0.6) is 0 Å². The lowest BCUT2D eigenvalue weighted by atomic mass is 9.77. The molecule has 0 aromatic carbocycles. The van der Waals surface area contributed by atoms with E-state index in [1.165, 1.54) is 0 Å². The van der Waals surface area contributed by atoms with Crippen molar-refractivity contribution >= 4 is 11.9 Å². The van der Waals surface area contributed by atoms with Crippen LogP contribution in [0.4, 0.5) is 0 Å². The quantitative estimate of drug-likeness (QED) is 0.563. The number of hydrogen-bond acceptors (Lipinski definition) is 3. The summed E-state index contributed by atoms with van der Waals surface area (Å²) in [6.45, 7) is 4.46. The molecule has 0 aromatic rings. The van der Waals surface area contributed by atoms with Crippen molar-refractivity contribution < 1.29 is 14.3 Å². The van der Waals surface area contributed by atoms with Gasteiger partial charge in [0.15, 0.2) is 0 Å². The van der Waals surface area contributed by atoms with Crippen molar-refractivity contribution in [2.24, 2.45) is 5.41 Å². The van der Waals surface area contributed by atoms with E-state index in [9.17, 15) is 9.59 Å². The van der Waals surface area contributed by atoms with Crippen LogP contribution < -0.4 is 0 Å². The Bertz CT molecular complexity index is 483. The average molecular weight is 261 g/mol. The molecule has 2 rings (SSSR count). The summed E-state index contributed by atoms with van der Waals surface area (Å²) in [6.07, 6.45) is 5.13. The van der Waals surface area contributed by atoms with E-state index in [1.807, 2.05) is 6.08 Å².